The second-order valence-corrected chi connectivity index (χ2v) is 4.05. The van der Waals surface area contributed by atoms with Gasteiger partial charge in [-0.15, -0.1) is 6.42 Å². The van der Waals surface area contributed by atoms with Gasteiger partial charge in [0.25, 0.3) is 0 Å². The molecule has 2 aliphatic rings. The Morgan fingerprint density at radius 3 is 2.88 bits per heavy atom. The summed E-state index contributed by atoms with van der Waals surface area (Å²) < 4.78 is 5.29. The number of hydrogen-bond donors (Lipinski definition) is 1. The number of carbonyl (C=O) groups is 1. The average molecular weight is 221 g/mol. The largest absolute Gasteiger partial charge is 0.385 e. The molecule has 0 aromatic carbocycles. The van der Waals surface area contributed by atoms with E-state index in [0.717, 1.165) is 12.8 Å². The molecule has 2 aliphatic heterocycles. The molecule has 1 saturated heterocycles. The molecule has 86 valence electrons. The fourth-order valence-electron chi connectivity index (χ4n) is 2.31. The third-order valence-corrected chi connectivity index (χ3v) is 3.08. The lowest BCUT2D eigenvalue weighted by Gasteiger charge is -2.32. The molecule has 0 aromatic rings. The first-order valence-electron chi connectivity index (χ1n) is 5.40. The lowest BCUT2D eigenvalue weighted by atomic mass is 9.90. The minimum absolute atomic E-state index is 0.132. The molecular formula is C11H15N3O2. The summed E-state index contributed by atoms with van der Waals surface area (Å²) in [6, 6.07) is -0.445. The van der Waals surface area contributed by atoms with Crippen molar-refractivity contribution in [1.82, 2.24) is 4.90 Å². The summed E-state index contributed by atoms with van der Waals surface area (Å²) in [5.74, 6) is 3.19. The third kappa shape index (κ3) is 1.89. The molecule has 0 radical (unpaired) electrons. The molecule has 2 amide bonds. The first kappa shape index (κ1) is 11.0. The lowest BCUT2D eigenvalue weighted by Crippen LogP contribution is -2.47. The molecule has 16 heavy (non-hydrogen) atoms. The summed E-state index contributed by atoms with van der Waals surface area (Å²) in [5, 5.41) is 0. The first-order valence-corrected chi connectivity index (χ1v) is 5.40. The van der Waals surface area contributed by atoms with E-state index in [1.165, 1.54) is 0 Å². The highest BCUT2D eigenvalue weighted by atomic mass is 16.5. The van der Waals surface area contributed by atoms with Gasteiger partial charge >= 0.3 is 6.03 Å². The number of amidine groups is 1. The van der Waals surface area contributed by atoms with E-state index < -0.39 is 0 Å². The lowest BCUT2D eigenvalue weighted by molar-refractivity contribution is 0.0510. The number of carbonyl (C=O) groups excluding carboxylic acids is 1. The normalized spacial score (nSPS) is 26.7. The highest BCUT2D eigenvalue weighted by Crippen LogP contribution is 2.26. The number of amides is 2. The van der Waals surface area contributed by atoms with Gasteiger partial charge in [0.05, 0.1) is 12.6 Å². The Bertz CT molecular complexity index is 353. The van der Waals surface area contributed by atoms with Gasteiger partial charge in [-0.3, -0.25) is 0 Å². The molecule has 2 rings (SSSR count). The molecule has 1 unspecified atom stereocenters. The zero-order valence-corrected chi connectivity index (χ0v) is 9.06. The highest BCUT2D eigenvalue weighted by molar-refractivity contribution is 6.03. The van der Waals surface area contributed by atoms with Crippen molar-refractivity contribution < 1.29 is 9.53 Å². The number of urea groups is 1. The van der Waals surface area contributed by atoms with E-state index in [4.69, 9.17) is 16.9 Å². The summed E-state index contributed by atoms with van der Waals surface area (Å²) in [7, 11) is 0. The van der Waals surface area contributed by atoms with Gasteiger partial charge in [-0.25, -0.2) is 4.79 Å². The van der Waals surface area contributed by atoms with E-state index in [1.54, 1.807) is 4.90 Å². The van der Waals surface area contributed by atoms with E-state index >= 15 is 0 Å². The van der Waals surface area contributed by atoms with Gasteiger partial charge in [-0.05, 0) is 18.8 Å². The van der Waals surface area contributed by atoms with Crippen molar-refractivity contribution in [3.63, 3.8) is 0 Å². The number of terminal acetylenes is 1. The Morgan fingerprint density at radius 1 is 1.56 bits per heavy atom. The van der Waals surface area contributed by atoms with Gasteiger partial charge in [0, 0.05) is 13.2 Å². The number of ether oxygens (including phenoxy) is 1. The number of nitrogens with zero attached hydrogens (tertiary/aromatic N) is 2. The minimum atomic E-state index is -0.313. The maximum Gasteiger partial charge on any atom is 0.346 e. The Labute approximate surface area is 94.6 Å². The predicted molar refractivity (Wildman–Crippen MR) is 59.9 cm³/mol. The molecule has 2 N–H and O–H groups in total. The average Bonchev–Trinajstić information content (AvgIpc) is 2.56. The van der Waals surface area contributed by atoms with Crippen LogP contribution in [0.3, 0.4) is 0 Å². The molecule has 0 bridgehead atoms. The second-order valence-electron chi connectivity index (χ2n) is 4.05. The standard InChI is InChI=1S/C11H15N3O2/c1-2-5-14-9(10(12)13-11(14)15)8-3-6-16-7-4-8/h1,8-9H,3-7H2,(H2,12,13,15). The van der Waals surface area contributed by atoms with Crippen LogP contribution in [0.5, 0.6) is 0 Å². The molecule has 0 spiro atoms. The maximum absolute atomic E-state index is 11.6. The summed E-state index contributed by atoms with van der Waals surface area (Å²) in [6.45, 7) is 1.70. The summed E-state index contributed by atoms with van der Waals surface area (Å²) in [5.41, 5.74) is 5.80. The Balaban J connectivity index is 2.13. The Hall–Kier alpha value is -1.54. The van der Waals surface area contributed by atoms with Crippen molar-refractivity contribution in [3.8, 4) is 12.3 Å². The van der Waals surface area contributed by atoms with Crippen molar-refractivity contribution in [2.45, 2.75) is 18.9 Å². The smallest absolute Gasteiger partial charge is 0.346 e. The van der Waals surface area contributed by atoms with Crippen molar-refractivity contribution in [2.75, 3.05) is 19.8 Å². The molecule has 0 saturated carbocycles. The van der Waals surface area contributed by atoms with Gasteiger partial charge < -0.3 is 15.4 Å². The highest BCUT2D eigenvalue weighted by Gasteiger charge is 2.38. The zero-order valence-electron chi connectivity index (χ0n) is 9.06. The molecule has 0 aromatic heterocycles. The van der Waals surface area contributed by atoms with Crippen LogP contribution < -0.4 is 5.73 Å². The monoisotopic (exact) mass is 221 g/mol. The topological polar surface area (TPSA) is 67.9 Å². The molecule has 5 nitrogen and oxygen atoms in total. The molecular weight excluding hydrogens is 206 g/mol. The van der Waals surface area contributed by atoms with Gasteiger partial charge in [0.2, 0.25) is 0 Å². The van der Waals surface area contributed by atoms with Crippen LogP contribution in [-0.4, -0.2) is 42.6 Å². The number of rotatable bonds is 2. The van der Waals surface area contributed by atoms with Crippen molar-refractivity contribution >= 4 is 11.9 Å². The summed E-state index contributed by atoms with van der Waals surface area (Å²) >= 11 is 0. The van der Waals surface area contributed by atoms with E-state index in [9.17, 15) is 4.79 Å². The number of aliphatic imine (C=N–C) groups is 1. The molecule has 0 aliphatic carbocycles. The van der Waals surface area contributed by atoms with Crippen LogP contribution in [0, 0.1) is 18.3 Å². The summed E-state index contributed by atoms with van der Waals surface area (Å²) in [6.07, 6.45) is 7.04. The van der Waals surface area contributed by atoms with Gasteiger partial charge in [0.15, 0.2) is 0 Å². The molecule has 1 fully saturated rings. The predicted octanol–water partition coefficient (Wildman–Crippen LogP) is 0.208. The van der Waals surface area contributed by atoms with E-state index in [-0.39, 0.29) is 18.6 Å². The van der Waals surface area contributed by atoms with Crippen molar-refractivity contribution in [1.29, 1.82) is 0 Å². The second kappa shape index (κ2) is 4.54. The van der Waals surface area contributed by atoms with Crippen LogP contribution in [0.1, 0.15) is 12.8 Å². The van der Waals surface area contributed by atoms with Crippen LogP contribution in [0.25, 0.3) is 0 Å². The summed E-state index contributed by atoms with van der Waals surface area (Å²) in [4.78, 5) is 16.9. The third-order valence-electron chi connectivity index (χ3n) is 3.08. The van der Waals surface area contributed by atoms with Gasteiger partial charge in [-0.2, -0.15) is 4.99 Å². The van der Waals surface area contributed by atoms with Gasteiger partial charge in [0.1, 0.15) is 5.84 Å². The minimum Gasteiger partial charge on any atom is -0.385 e. The quantitative estimate of drug-likeness (QED) is 0.678. The van der Waals surface area contributed by atoms with E-state index in [0.29, 0.717) is 25.0 Å². The zero-order chi connectivity index (χ0) is 11.5. The fourth-order valence-corrected chi connectivity index (χ4v) is 2.31. The SMILES string of the molecule is C#CCN1C(=O)N=C(N)C1C1CCOCC1. The Morgan fingerprint density at radius 2 is 2.25 bits per heavy atom. The first-order chi connectivity index (χ1) is 7.74. The number of nitrogens with two attached hydrogens (primary N) is 1. The van der Waals surface area contributed by atoms with E-state index in [2.05, 4.69) is 10.9 Å². The molecule has 1 atom stereocenters. The van der Waals surface area contributed by atoms with Crippen molar-refractivity contribution in [2.24, 2.45) is 16.6 Å². The van der Waals surface area contributed by atoms with Crippen LogP contribution in [-0.2, 0) is 4.74 Å². The van der Waals surface area contributed by atoms with Crippen LogP contribution in [0.15, 0.2) is 4.99 Å². The van der Waals surface area contributed by atoms with Crippen molar-refractivity contribution in [3.05, 3.63) is 0 Å². The Kier molecular flexibility index (Phi) is 3.11. The molecule has 2 heterocycles. The molecule has 5 heteroatoms. The maximum atomic E-state index is 11.6. The van der Waals surface area contributed by atoms with E-state index in [1.807, 2.05) is 0 Å². The fraction of sp³-hybridized carbons (Fsp3) is 0.636. The van der Waals surface area contributed by atoms with Crippen LogP contribution >= 0.6 is 0 Å². The van der Waals surface area contributed by atoms with Crippen LogP contribution in [0.2, 0.25) is 0 Å². The van der Waals surface area contributed by atoms with Crippen LogP contribution in [0.4, 0.5) is 4.79 Å². The number of hydrogen-bond acceptors (Lipinski definition) is 3. The van der Waals surface area contributed by atoms with Gasteiger partial charge in [-0.1, -0.05) is 5.92 Å².